The molecule has 0 fully saturated rings. The fourth-order valence-corrected chi connectivity index (χ4v) is 3.41. The van der Waals surface area contributed by atoms with E-state index in [1.165, 1.54) is 16.5 Å². The Morgan fingerprint density at radius 3 is 2.82 bits per heavy atom. The molecule has 10 heteroatoms. The van der Waals surface area contributed by atoms with E-state index in [9.17, 15) is 14.9 Å². The third kappa shape index (κ3) is 5.71. The molecule has 0 aliphatic heterocycles. The summed E-state index contributed by atoms with van der Waals surface area (Å²) < 4.78 is 12.1. The minimum atomic E-state index is -0.627. The van der Waals surface area contributed by atoms with Crippen molar-refractivity contribution in [3.63, 3.8) is 0 Å². The highest BCUT2D eigenvalue weighted by atomic mass is 35.5. The molecule has 1 aromatic carbocycles. The average molecular weight is 487 g/mol. The van der Waals surface area contributed by atoms with Crippen molar-refractivity contribution >= 4 is 40.8 Å². The first-order valence-corrected chi connectivity index (χ1v) is 10.6. The third-order valence-corrected chi connectivity index (χ3v) is 5.14. The molecule has 3 rings (SSSR count). The summed E-state index contributed by atoms with van der Waals surface area (Å²) in [6.07, 6.45) is 3.28. The summed E-state index contributed by atoms with van der Waals surface area (Å²) >= 11 is 12.2. The van der Waals surface area contributed by atoms with Crippen molar-refractivity contribution in [2.75, 3.05) is 20.3 Å². The Morgan fingerprint density at radius 2 is 2.12 bits per heavy atom. The number of aromatic nitrogens is 2. The number of carbonyl (C=O) groups is 1. The number of rotatable bonds is 8. The second-order valence-corrected chi connectivity index (χ2v) is 7.81. The van der Waals surface area contributed by atoms with Crippen LogP contribution in [0, 0.1) is 18.3 Å². The number of nitriles is 1. The summed E-state index contributed by atoms with van der Waals surface area (Å²) in [7, 11) is 1.55. The number of pyridine rings is 1. The van der Waals surface area contributed by atoms with Crippen LogP contribution in [0.15, 0.2) is 46.9 Å². The van der Waals surface area contributed by atoms with Gasteiger partial charge in [0.05, 0.1) is 5.02 Å². The van der Waals surface area contributed by atoms with Gasteiger partial charge < -0.3 is 14.8 Å². The maximum atomic E-state index is 13.3. The van der Waals surface area contributed by atoms with E-state index in [1.54, 1.807) is 38.4 Å². The van der Waals surface area contributed by atoms with Crippen LogP contribution in [-0.2, 0) is 9.53 Å². The molecule has 3 aromatic rings. The van der Waals surface area contributed by atoms with E-state index in [2.05, 4.69) is 10.3 Å². The number of ether oxygens (including phenoxy) is 2. The SMILES string of the molecule is COCCCNC(=O)/C(C#N)=C/c1c(Oc2ccc(Cl)cc2Cl)nc2c(C)cccn2c1=O. The first-order valence-electron chi connectivity index (χ1n) is 9.89. The van der Waals surface area contributed by atoms with Gasteiger partial charge >= 0.3 is 0 Å². The van der Waals surface area contributed by atoms with E-state index < -0.39 is 11.5 Å². The van der Waals surface area contributed by atoms with Crippen molar-refractivity contribution in [3.8, 4) is 17.7 Å². The number of nitrogens with zero attached hydrogens (tertiary/aromatic N) is 3. The highest BCUT2D eigenvalue weighted by molar-refractivity contribution is 6.35. The van der Waals surface area contributed by atoms with Gasteiger partial charge in [-0.25, -0.2) is 0 Å². The van der Waals surface area contributed by atoms with Gasteiger partial charge in [0.25, 0.3) is 11.5 Å². The standard InChI is InChI=1S/C23H20Cl2N4O4/c1-14-5-3-9-29-20(14)28-22(33-19-7-6-16(24)12-18(19)25)17(23(29)31)11-15(13-26)21(30)27-8-4-10-32-2/h3,5-7,9,11-12H,4,8,10H2,1-2H3,(H,27,30)/b15-11+. The number of hydrogen-bond donors (Lipinski definition) is 1. The number of benzene rings is 1. The molecule has 1 amide bonds. The first-order chi connectivity index (χ1) is 15.8. The Labute approximate surface area is 200 Å². The van der Waals surface area contributed by atoms with E-state index in [-0.39, 0.29) is 27.8 Å². The normalized spacial score (nSPS) is 11.3. The number of nitrogens with one attached hydrogen (secondary N) is 1. The summed E-state index contributed by atoms with van der Waals surface area (Å²) in [6.45, 7) is 2.56. The predicted molar refractivity (Wildman–Crippen MR) is 126 cm³/mol. The lowest BCUT2D eigenvalue weighted by Crippen LogP contribution is -2.27. The zero-order valence-electron chi connectivity index (χ0n) is 17.9. The molecule has 170 valence electrons. The first kappa shape index (κ1) is 24.3. The number of hydrogen-bond acceptors (Lipinski definition) is 6. The van der Waals surface area contributed by atoms with Gasteiger partial charge in [0, 0.05) is 31.5 Å². The molecule has 8 nitrogen and oxygen atoms in total. The highest BCUT2D eigenvalue weighted by Crippen LogP contribution is 2.32. The fourth-order valence-electron chi connectivity index (χ4n) is 2.96. The van der Waals surface area contributed by atoms with Crippen LogP contribution in [0.25, 0.3) is 11.7 Å². The van der Waals surface area contributed by atoms with Gasteiger partial charge in [-0.05, 0) is 49.2 Å². The molecule has 33 heavy (non-hydrogen) atoms. The fraction of sp³-hybridized carbons (Fsp3) is 0.217. The highest BCUT2D eigenvalue weighted by Gasteiger charge is 2.18. The van der Waals surface area contributed by atoms with Crippen LogP contribution >= 0.6 is 23.2 Å². The molecule has 0 spiro atoms. The monoisotopic (exact) mass is 486 g/mol. The molecular formula is C23H20Cl2N4O4. The lowest BCUT2D eigenvalue weighted by Gasteiger charge is -2.12. The van der Waals surface area contributed by atoms with Crippen LogP contribution in [-0.4, -0.2) is 35.6 Å². The molecule has 0 saturated carbocycles. The maximum absolute atomic E-state index is 13.3. The summed E-state index contributed by atoms with van der Waals surface area (Å²) in [5.74, 6) is -0.514. The Kier molecular flexibility index (Phi) is 8.06. The Balaban J connectivity index is 2.12. The summed E-state index contributed by atoms with van der Waals surface area (Å²) in [6, 6.07) is 9.92. The van der Waals surface area contributed by atoms with E-state index >= 15 is 0 Å². The van der Waals surface area contributed by atoms with Crippen LogP contribution in [0.4, 0.5) is 0 Å². The van der Waals surface area contributed by atoms with Crippen molar-refractivity contribution in [2.24, 2.45) is 0 Å². The third-order valence-electron chi connectivity index (χ3n) is 4.61. The number of fused-ring (bicyclic) bond motifs is 1. The van der Waals surface area contributed by atoms with E-state index in [1.807, 2.05) is 6.07 Å². The van der Waals surface area contributed by atoms with E-state index in [4.69, 9.17) is 32.7 Å². The van der Waals surface area contributed by atoms with Crippen molar-refractivity contribution in [3.05, 3.63) is 73.6 Å². The molecule has 0 aliphatic carbocycles. The van der Waals surface area contributed by atoms with Gasteiger partial charge in [-0.3, -0.25) is 14.0 Å². The topological polar surface area (TPSA) is 106 Å². The quantitative estimate of drug-likeness (QED) is 0.291. The van der Waals surface area contributed by atoms with Crippen molar-refractivity contribution in [1.29, 1.82) is 5.26 Å². The minimum absolute atomic E-state index is 0.0762. The minimum Gasteiger partial charge on any atom is -0.437 e. The molecule has 0 bridgehead atoms. The van der Waals surface area contributed by atoms with Gasteiger partial charge in [-0.15, -0.1) is 0 Å². The van der Waals surface area contributed by atoms with Crippen molar-refractivity contribution < 1.29 is 14.3 Å². The smallest absolute Gasteiger partial charge is 0.269 e. The maximum Gasteiger partial charge on any atom is 0.269 e. The number of methoxy groups -OCH3 is 1. The number of carbonyl (C=O) groups excluding carboxylic acids is 1. The van der Waals surface area contributed by atoms with E-state index in [0.29, 0.717) is 30.2 Å². The molecule has 2 aromatic heterocycles. The van der Waals surface area contributed by atoms with Crippen molar-refractivity contribution in [1.82, 2.24) is 14.7 Å². The molecule has 2 heterocycles. The Morgan fingerprint density at radius 1 is 1.33 bits per heavy atom. The second-order valence-electron chi connectivity index (χ2n) is 6.97. The summed E-state index contributed by atoms with van der Waals surface area (Å²) in [5.41, 5.74) is 0.234. The Hall–Kier alpha value is -3.38. The summed E-state index contributed by atoms with van der Waals surface area (Å²) in [4.78, 5) is 30.2. The molecule has 1 N–H and O–H groups in total. The van der Waals surface area contributed by atoms with Crippen LogP contribution < -0.4 is 15.6 Å². The second kappa shape index (κ2) is 11.0. The van der Waals surface area contributed by atoms with Crippen LogP contribution in [0.2, 0.25) is 10.0 Å². The lowest BCUT2D eigenvalue weighted by atomic mass is 10.1. The van der Waals surface area contributed by atoms with Crippen LogP contribution in [0.3, 0.4) is 0 Å². The lowest BCUT2D eigenvalue weighted by molar-refractivity contribution is -0.117. The summed E-state index contributed by atoms with van der Waals surface area (Å²) in [5, 5.41) is 12.8. The zero-order valence-corrected chi connectivity index (χ0v) is 19.4. The molecule has 0 atom stereocenters. The number of amides is 1. The largest absolute Gasteiger partial charge is 0.437 e. The molecule has 0 saturated heterocycles. The van der Waals surface area contributed by atoms with Gasteiger partial charge in [0.2, 0.25) is 5.88 Å². The molecule has 0 radical (unpaired) electrons. The van der Waals surface area contributed by atoms with Gasteiger partial charge in [0.1, 0.15) is 28.6 Å². The van der Waals surface area contributed by atoms with Crippen LogP contribution in [0.1, 0.15) is 17.5 Å². The van der Waals surface area contributed by atoms with Crippen molar-refractivity contribution in [2.45, 2.75) is 13.3 Å². The molecular weight excluding hydrogens is 467 g/mol. The zero-order chi connectivity index (χ0) is 24.0. The number of aryl methyl sites for hydroxylation is 1. The van der Waals surface area contributed by atoms with Gasteiger partial charge in [0.15, 0.2) is 0 Å². The molecule has 0 unspecified atom stereocenters. The van der Waals surface area contributed by atoms with E-state index in [0.717, 1.165) is 11.6 Å². The molecule has 0 aliphatic rings. The predicted octanol–water partition coefficient (Wildman–Crippen LogP) is 4.16. The Bertz CT molecular complexity index is 1330. The van der Waals surface area contributed by atoms with Gasteiger partial charge in [-0.1, -0.05) is 29.3 Å². The average Bonchev–Trinajstić information content (AvgIpc) is 2.79. The van der Waals surface area contributed by atoms with Crippen LogP contribution in [0.5, 0.6) is 11.6 Å². The van der Waals surface area contributed by atoms with Gasteiger partial charge in [-0.2, -0.15) is 10.2 Å². The number of halogens is 2.